The molecule has 0 radical (unpaired) electrons. The fraction of sp³-hybridized carbons (Fsp3) is 0.400. The molecule has 0 aliphatic rings. The van der Waals surface area contributed by atoms with Crippen molar-refractivity contribution < 1.29 is 4.74 Å². The smallest absolute Gasteiger partial charge is 0.200 e. The number of aromatic nitrogens is 2. The highest BCUT2D eigenvalue weighted by Gasteiger charge is 2.16. The fourth-order valence-corrected chi connectivity index (χ4v) is 2.30. The molecular weight excluding hydrogens is 238 g/mol. The number of hydrogen-bond donors (Lipinski definition) is 1. The van der Waals surface area contributed by atoms with Gasteiger partial charge in [-0.25, -0.2) is 4.98 Å². The molecule has 0 atom stereocenters. The van der Waals surface area contributed by atoms with E-state index < -0.39 is 0 Å². The summed E-state index contributed by atoms with van der Waals surface area (Å²) < 4.78 is 7.42. The van der Waals surface area contributed by atoms with E-state index in [0.29, 0.717) is 11.9 Å². The zero-order valence-electron chi connectivity index (χ0n) is 12.2. The summed E-state index contributed by atoms with van der Waals surface area (Å²) in [7, 11) is 3.61. The van der Waals surface area contributed by atoms with E-state index in [0.717, 1.165) is 22.7 Å². The minimum atomic E-state index is 0.473. The van der Waals surface area contributed by atoms with Crippen LogP contribution in [0, 0.1) is 6.92 Å². The molecule has 0 fully saturated rings. The first-order chi connectivity index (χ1) is 8.95. The Kier molecular flexibility index (Phi) is 3.51. The second-order valence-electron chi connectivity index (χ2n) is 5.08. The molecule has 4 nitrogen and oxygen atoms in total. The average molecular weight is 259 g/mol. The van der Waals surface area contributed by atoms with Crippen molar-refractivity contribution in [3.8, 4) is 17.0 Å². The maximum absolute atomic E-state index is 5.86. The molecule has 2 N–H and O–H groups in total. The fourth-order valence-electron chi connectivity index (χ4n) is 2.30. The lowest BCUT2D eigenvalue weighted by Gasteiger charge is -2.14. The first kappa shape index (κ1) is 13.5. The van der Waals surface area contributed by atoms with Gasteiger partial charge in [-0.1, -0.05) is 19.9 Å². The molecule has 1 aromatic carbocycles. The van der Waals surface area contributed by atoms with E-state index in [9.17, 15) is 0 Å². The summed E-state index contributed by atoms with van der Waals surface area (Å²) in [6.45, 7) is 6.30. The number of methoxy groups -OCH3 is 1. The number of nitrogen functional groups attached to an aromatic ring is 1. The van der Waals surface area contributed by atoms with E-state index in [4.69, 9.17) is 10.5 Å². The van der Waals surface area contributed by atoms with Crippen LogP contribution in [0.25, 0.3) is 11.3 Å². The SMILES string of the molecule is COc1cc(C(C)C)ccc1-c1c(C)nc(N)n1C. The summed E-state index contributed by atoms with van der Waals surface area (Å²) in [6, 6.07) is 6.30. The number of hydrogen-bond acceptors (Lipinski definition) is 3. The van der Waals surface area contributed by atoms with Crippen molar-refractivity contribution in [2.24, 2.45) is 7.05 Å². The van der Waals surface area contributed by atoms with Crippen LogP contribution in [0.15, 0.2) is 18.2 Å². The number of ether oxygens (including phenoxy) is 1. The molecule has 0 unspecified atom stereocenters. The summed E-state index contributed by atoms with van der Waals surface area (Å²) in [5.74, 6) is 1.85. The van der Waals surface area contributed by atoms with Gasteiger partial charge >= 0.3 is 0 Å². The third-order valence-electron chi connectivity index (χ3n) is 3.45. The number of aryl methyl sites for hydroxylation is 1. The quantitative estimate of drug-likeness (QED) is 0.921. The van der Waals surface area contributed by atoms with Crippen LogP contribution in [-0.2, 0) is 7.05 Å². The molecule has 4 heteroatoms. The summed E-state index contributed by atoms with van der Waals surface area (Å²) in [4.78, 5) is 4.31. The molecule has 0 spiro atoms. The first-order valence-electron chi connectivity index (χ1n) is 6.42. The molecule has 19 heavy (non-hydrogen) atoms. The third-order valence-corrected chi connectivity index (χ3v) is 3.45. The highest BCUT2D eigenvalue weighted by molar-refractivity contribution is 5.71. The largest absolute Gasteiger partial charge is 0.496 e. The number of nitrogens with two attached hydrogens (primary N) is 1. The topological polar surface area (TPSA) is 53.1 Å². The lowest BCUT2D eigenvalue weighted by Crippen LogP contribution is -2.00. The van der Waals surface area contributed by atoms with Crippen LogP contribution in [0.2, 0.25) is 0 Å². The van der Waals surface area contributed by atoms with Crippen LogP contribution in [0.4, 0.5) is 5.95 Å². The van der Waals surface area contributed by atoms with Gasteiger partial charge < -0.3 is 15.0 Å². The lowest BCUT2D eigenvalue weighted by atomic mass is 9.99. The minimum Gasteiger partial charge on any atom is -0.496 e. The molecule has 1 heterocycles. The predicted molar refractivity (Wildman–Crippen MR) is 78.4 cm³/mol. The zero-order chi connectivity index (χ0) is 14.2. The van der Waals surface area contributed by atoms with Crippen molar-refractivity contribution in [1.82, 2.24) is 9.55 Å². The zero-order valence-corrected chi connectivity index (χ0v) is 12.2. The Morgan fingerprint density at radius 2 is 2.00 bits per heavy atom. The van der Waals surface area contributed by atoms with Gasteiger partial charge in [-0.15, -0.1) is 0 Å². The minimum absolute atomic E-state index is 0.473. The van der Waals surface area contributed by atoms with Crippen LogP contribution >= 0.6 is 0 Å². The molecule has 1 aromatic heterocycles. The van der Waals surface area contributed by atoms with E-state index in [1.807, 2.05) is 18.5 Å². The second-order valence-corrected chi connectivity index (χ2v) is 5.08. The van der Waals surface area contributed by atoms with Gasteiger partial charge in [0.15, 0.2) is 0 Å². The molecule has 2 rings (SSSR count). The molecular formula is C15H21N3O. The normalized spacial score (nSPS) is 11.1. The summed E-state index contributed by atoms with van der Waals surface area (Å²) >= 11 is 0. The number of anilines is 1. The van der Waals surface area contributed by atoms with Crippen molar-refractivity contribution in [3.63, 3.8) is 0 Å². The van der Waals surface area contributed by atoms with Gasteiger partial charge in [0.2, 0.25) is 5.95 Å². The first-order valence-corrected chi connectivity index (χ1v) is 6.42. The van der Waals surface area contributed by atoms with Crippen molar-refractivity contribution in [2.75, 3.05) is 12.8 Å². The van der Waals surface area contributed by atoms with Gasteiger partial charge in [-0.2, -0.15) is 0 Å². The van der Waals surface area contributed by atoms with Crippen LogP contribution in [-0.4, -0.2) is 16.7 Å². The van der Waals surface area contributed by atoms with Gasteiger partial charge in [0.05, 0.1) is 18.5 Å². The Morgan fingerprint density at radius 3 is 2.47 bits per heavy atom. The van der Waals surface area contributed by atoms with Crippen molar-refractivity contribution in [3.05, 3.63) is 29.5 Å². The second kappa shape index (κ2) is 4.96. The Hall–Kier alpha value is -1.97. The monoisotopic (exact) mass is 259 g/mol. The molecule has 0 saturated heterocycles. The van der Waals surface area contributed by atoms with E-state index in [1.54, 1.807) is 7.11 Å². The number of benzene rings is 1. The summed E-state index contributed by atoms with van der Waals surface area (Å²) in [6.07, 6.45) is 0. The number of nitrogens with zero attached hydrogens (tertiary/aromatic N) is 2. The predicted octanol–water partition coefficient (Wildman–Crippen LogP) is 3.11. The van der Waals surface area contributed by atoms with Gasteiger partial charge in [0, 0.05) is 12.6 Å². The molecule has 102 valence electrons. The Morgan fingerprint density at radius 1 is 1.32 bits per heavy atom. The van der Waals surface area contributed by atoms with E-state index in [-0.39, 0.29) is 0 Å². The highest BCUT2D eigenvalue weighted by Crippen LogP contribution is 2.35. The molecule has 0 saturated carbocycles. The summed E-state index contributed by atoms with van der Waals surface area (Å²) in [5.41, 5.74) is 10.1. The van der Waals surface area contributed by atoms with Gasteiger partial charge in [0.1, 0.15) is 5.75 Å². The van der Waals surface area contributed by atoms with E-state index >= 15 is 0 Å². The van der Waals surface area contributed by atoms with Crippen LogP contribution < -0.4 is 10.5 Å². The van der Waals surface area contributed by atoms with E-state index in [2.05, 4.69) is 37.0 Å². The van der Waals surface area contributed by atoms with E-state index in [1.165, 1.54) is 5.56 Å². The van der Waals surface area contributed by atoms with Crippen LogP contribution in [0.3, 0.4) is 0 Å². The van der Waals surface area contributed by atoms with Crippen molar-refractivity contribution >= 4 is 5.95 Å². The lowest BCUT2D eigenvalue weighted by molar-refractivity contribution is 0.415. The molecule has 0 amide bonds. The maximum atomic E-state index is 5.86. The molecule has 0 aliphatic carbocycles. The molecule has 0 aliphatic heterocycles. The summed E-state index contributed by atoms with van der Waals surface area (Å²) in [5, 5.41) is 0. The van der Waals surface area contributed by atoms with Gasteiger partial charge in [-0.3, -0.25) is 0 Å². The Balaban J connectivity index is 2.62. The maximum Gasteiger partial charge on any atom is 0.200 e. The number of rotatable bonds is 3. The van der Waals surface area contributed by atoms with Crippen LogP contribution in [0.5, 0.6) is 5.75 Å². The average Bonchev–Trinajstić information content (AvgIpc) is 2.62. The van der Waals surface area contributed by atoms with Crippen molar-refractivity contribution in [2.45, 2.75) is 26.7 Å². The van der Waals surface area contributed by atoms with Crippen molar-refractivity contribution in [1.29, 1.82) is 0 Å². The van der Waals surface area contributed by atoms with Crippen LogP contribution in [0.1, 0.15) is 31.0 Å². The van der Waals surface area contributed by atoms with Gasteiger partial charge in [-0.05, 0) is 30.5 Å². The Labute approximate surface area is 114 Å². The third kappa shape index (κ3) is 2.30. The Bertz CT molecular complexity index is 600. The van der Waals surface area contributed by atoms with Gasteiger partial charge in [0.25, 0.3) is 0 Å². The molecule has 2 aromatic rings. The highest BCUT2D eigenvalue weighted by atomic mass is 16.5. The number of imidazole rings is 1. The molecule has 0 bridgehead atoms. The standard InChI is InChI=1S/C15H21N3O/c1-9(2)11-6-7-12(13(8-11)19-5)14-10(3)17-15(16)18(14)4/h6-9H,1-5H3,(H2,16,17).